The number of nitrogens with zero attached hydrogens (tertiary/aromatic N) is 1. The maximum Gasteiger partial charge on any atom is 0.132 e. The molecule has 0 atom stereocenters. The summed E-state index contributed by atoms with van der Waals surface area (Å²) in [4.78, 5) is 16.0. The van der Waals surface area contributed by atoms with Crippen LogP contribution in [0.3, 0.4) is 0 Å². The van der Waals surface area contributed by atoms with Crippen LogP contribution in [0.25, 0.3) is 0 Å². The van der Waals surface area contributed by atoms with E-state index < -0.39 is 0 Å². The molecule has 17 heavy (non-hydrogen) atoms. The highest BCUT2D eigenvalue weighted by molar-refractivity contribution is 7.09. The topological polar surface area (TPSA) is 30.0 Å². The fraction of sp³-hybridized carbons (Fsp3) is 0.714. The van der Waals surface area contributed by atoms with Crippen LogP contribution in [0.4, 0.5) is 0 Å². The Hall–Kier alpha value is -0.700. The van der Waals surface area contributed by atoms with Crippen LogP contribution in [0.1, 0.15) is 61.6 Å². The maximum absolute atomic E-state index is 11.2. The lowest BCUT2D eigenvalue weighted by Crippen LogP contribution is -2.16. The van der Waals surface area contributed by atoms with Gasteiger partial charge in [-0.3, -0.25) is 4.79 Å². The molecule has 2 nitrogen and oxygen atoms in total. The molecule has 0 spiro atoms. The number of thiazole rings is 1. The molecule has 0 aliphatic heterocycles. The molecule has 92 valence electrons. The Balaban J connectivity index is 1.57. The van der Waals surface area contributed by atoms with Crippen LogP contribution >= 0.6 is 11.3 Å². The normalized spacial score (nSPS) is 22.7. The minimum atomic E-state index is 0.454. The van der Waals surface area contributed by atoms with Crippen molar-refractivity contribution in [2.45, 2.75) is 57.3 Å². The number of ketones is 1. The van der Waals surface area contributed by atoms with Crippen molar-refractivity contribution in [2.24, 2.45) is 5.92 Å². The van der Waals surface area contributed by atoms with Gasteiger partial charge >= 0.3 is 0 Å². The Kier molecular flexibility index (Phi) is 3.28. The van der Waals surface area contributed by atoms with E-state index in [1.54, 1.807) is 0 Å². The minimum Gasteiger partial charge on any atom is -0.300 e. The quantitative estimate of drug-likeness (QED) is 0.817. The fourth-order valence-corrected chi connectivity index (χ4v) is 3.75. The van der Waals surface area contributed by atoms with Crippen molar-refractivity contribution in [3.05, 3.63) is 16.1 Å². The van der Waals surface area contributed by atoms with Crippen LogP contribution in [0.15, 0.2) is 5.38 Å². The first-order valence-corrected chi connectivity index (χ1v) is 7.65. The van der Waals surface area contributed by atoms with Crippen LogP contribution in [0.5, 0.6) is 0 Å². The summed E-state index contributed by atoms with van der Waals surface area (Å²) in [5.74, 6) is 1.91. The highest BCUT2D eigenvalue weighted by Gasteiger charge is 2.24. The van der Waals surface area contributed by atoms with Gasteiger partial charge < -0.3 is 0 Å². The minimum absolute atomic E-state index is 0.454. The first-order chi connectivity index (χ1) is 8.31. The monoisotopic (exact) mass is 249 g/mol. The summed E-state index contributed by atoms with van der Waals surface area (Å²) in [6.45, 7) is 0. The fourth-order valence-electron chi connectivity index (χ4n) is 2.76. The van der Waals surface area contributed by atoms with Gasteiger partial charge in [-0.2, -0.15) is 0 Å². The van der Waals surface area contributed by atoms with Gasteiger partial charge in [0, 0.05) is 30.6 Å². The second kappa shape index (κ2) is 4.89. The van der Waals surface area contributed by atoms with Gasteiger partial charge in [0.25, 0.3) is 0 Å². The van der Waals surface area contributed by atoms with E-state index in [0.717, 1.165) is 38.0 Å². The standard InChI is InChI=1S/C14H19NOS/c16-12-6-4-10(5-7-12)8-14-15-13(9-17-14)11-2-1-3-11/h9-11H,1-8H2. The Labute approximate surface area is 106 Å². The summed E-state index contributed by atoms with van der Waals surface area (Å²) in [6, 6.07) is 0. The molecule has 0 bridgehead atoms. The van der Waals surface area contributed by atoms with Gasteiger partial charge in [0.2, 0.25) is 0 Å². The van der Waals surface area contributed by atoms with Crippen LogP contribution < -0.4 is 0 Å². The lowest BCUT2D eigenvalue weighted by Gasteiger charge is -2.23. The molecule has 1 aromatic rings. The van der Waals surface area contributed by atoms with Crippen molar-refractivity contribution in [1.29, 1.82) is 0 Å². The molecule has 3 rings (SSSR count). The van der Waals surface area contributed by atoms with Gasteiger partial charge in [-0.25, -0.2) is 4.98 Å². The van der Waals surface area contributed by atoms with E-state index in [0.29, 0.717) is 11.7 Å². The molecule has 2 fully saturated rings. The summed E-state index contributed by atoms with van der Waals surface area (Å²) in [7, 11) is 0. The van der Waals surface area contributed by atoms with Crippen LogP contribution in [-0.4, -0.2) is 10.8 Å². The number of hydrogen-bond acceptors (Lipinski definition) is 3. The van der Waals surface area contributed by atoms with Crippen molar-refractivity contribution >= 4 is 17.1 Å². The lowest BCUT2D eigenvalue weighted by atomic mass is 9.83. The number of rotatable bonds is 3. The Bertz CT molecular complexity index is 398. The molecule has 3 heteroatoms. The average molecular weight is 249 g/mol. The molecule has 1 aromatic heterocycles. The van der Waals surface area contributed by atoms with Gasteiger partial charge in [0.05, 0.1) is 10.7 Å². The summed E-state index contributed by atoms with van der Waals surface area (Å²) in [5.41, 5.74) is 1.34. The van der Waals surface area contributed by atoms with Gasteiger partial charge in [-0.15, -0.1) is 11.3 Å². The van der Waals surface area contributed by atoms with Crippen LogP contribution in [0, 0.1) is 5.92 Å². The molecular formula is C14H19NOS. The summed E-state index contributed by atoms with van der Waals surface area (Å²) in [5, 5.41) is 3.55. The zero-order valence-corrected chi connectivity index (χ0v) is 11.0. The summed E-state index contributed by atoms with van der Waals surface area (Å²) in [6.07, 6.45) is 8.90. The first-order valence-electron chi connectivity index (χ1n) is 6.77. The SMILES string of the molecule is O=C1CCC(Cc2nc(C3CCC3)cs2)CC1. The van der Waals surface area contributed by atoms with Gasteiger partial charge in [0.1, 0.15) is 5.78 Å². The zero-order valence-electron chi connectivity index (χ0n) is 10.2. The molecule has 0 unspecified atom stereocenters. The zero-order chi connectivity index (χ0) is 11.7. The third-order valence-corrected chi connectivity index (χ3v) is 5.11. The van der Waals surface area contributed by atoms with E-state index in [9.17, 15) is 4.79 Å². The highest BCUT2D eigenvalue weighted by atomic mass is 32.1. The predicted octanol–water partition coefficient (Wildman–Crippen LogP) is 3.71. The van der Waals surface area contributed by atoms with E-state index in [-0.39, 0.29) is 0 Å². The molecular weight excluding hydrogens is 230 g/mol. The van der Waals surface area contributed by atoms with Gasteiger partial charge in [0.15, 0.2) is 0 Å². The third-order valence-electron chi connectivity index (χ3n) is 4.22. The van der Waals surface area contributed by atoms with E-state index in [2.05, 4.69) is 5.38 Å². The van der Waals surface area contributed by atoms with Gasteiger partial charge in [-0.1, -0.05) is 6.42 Å². The maximum atomic E-state index is 11.2. The average Bonchev–Trinajstić information content (AvgIpc) is 2.67. The van der Waals surface area contributed by atoms with E-state index in [4.69, 9.17) is 4.98 Å². The van der Waals surface area contributed by atoms with Crippen molar-refractivity contribution in [3.63, 3.8) is 0 Å². The Morgan fingerprint density at radius 1 is 1.24 bits per heavy atom. The highest BCUT2D eigenvalue weighted by Crippen LogP contribution is 2.37. The van der Waals surface area contributed by atoms with Gasteiger partial charge in [-0.05, 0) is 31.6 Å². The van der Waals surface area contributed by atoms with Crippen molar-refractivity contribution in [1.82, 2.24) is 4.98 Å². The molecule has 0 N–H and O–H groups in total. The summed E-state index contributed by atoms with van der Waals surface area (Å²) >= 11 is 1.83. The summed E-state index contributed by atoms with van der Waals surface area (Å²) < 4.78 is 0. The largest absolute Gasteiger partial charge is 0.300 e. The Morgan fingerprint density at radius 3 is 2.65 bits per heavy atom. The van der Waals surface area contributed by atoms with E-state index in [1.165, 1.54) is 30.0 Å². The second-order valence-electron chi connectivity index (χ2n) is 5.48. The third kappa shape index (κ3) is 2.59. The van der Waals surface area contributed by atoms with Crippen molar-refractivity contribution in [3.8, 4) is 0 Å². The predicted molar refractivity (Wildman–Crippen MR) is 69.4 cm³/mol. The smallest absolute Gasteiger partial charge is 0.132 e. The second-order valence-corrected chi connectivity index (χ2v) is 6.42. The first kappa shape index (κ1) is 11.4. The van der Waals surface area contributed by atoms with Crippen LogP contribution in [0.2, 0.25) is 0 Å². The van der Waals surface area contributed by atoms with Crippen molar-refractivity contribution < 1.29 is 4.79 Å². The molecule has 2 saturated carbocycles. The molecule has 2 aliphatic carbocycles. The number of Topliss-reactive ketones (excluding diaryl/α,β-unsaturated/α-hetero) is 1. The van der Waals surface area contributed by atoms with E-state index in [1.807, 2.05) is 11.3 Å². The lowest BCUT2D eigenvalue weighted by molar-refractivity contribution is -0.121. The molecule has 0 amide bonds. The van der Waals surface area contributed by atoms with Crippen LogP contribution in [-0.2, 0) is 11.2 Å². The number of carbonyl (C=O) groups is 1. The molecule has 1 heterocycles. The molecule has 0 aromatic carbocycles. The van der Waals surface area contributed by atoms with Crippen molar-refractivity contribution in [2.75, 3.05) is 0 Å². The number of aromatic nitrogens is 1. The number of hydrogen-bond donors (Lipinski definition) is 0. The molecule has 2 aliphatic rings. The van der Waals surface area contributed by atoms with E-state index >= 15 is 0 Å². The number of carbonyl (C=O) groups excluding carboxylic acids is 1. The Morgan fingerprint density at radius 2 is 2.00 bits per heavy atom. The molecule has 0 saturated heterocycles. The molecule has 0 radical (unpaired) electrons.